The summed E-state index contributed by atoms with van der Waals surface area (Å²) in [5.41, 5.74) is 4.36. The van der Waals surface area contributed by atoms with Crippen LogP contribution in [-0.4, -0.2) is 20.0 Å². The van der Waals surface area contributed by atoms with Gasteiger partial charge in [0.25, 0.3) is 0 Å². The molecule has 1 atom stereocenters. The Labute approximate surface area is 97.4 Å². The van der Waals surface area contributed by atoms with Crippen molar-refractivity contribution >= 4 is 11.6 Å². The molecule has 0 saturated carbocycles. The Bertz CT molecular complexity index is 482. The summed E-state index contributed by atoms with van der Waals surface area (Å²) in [6, 6.07) is 1.55. The van der Waals surface area contributed by atoms with Gasteiger partial charge in [-0.1, -0.05) is 16.8 Å². The lowest BCUT2D eigenvalue weighted by Gasteiger charge is -2.16. The first-order chi connectivity index (χ1) is 7.74. The maximum atomic E-state index is 6.06. The highest BCUT2D eigenvalue weighted by Gasteiger charge is 2.18. The van der Waals surface area contributed by atoms with Gasteiger partial charge in [-0.05, 0) is 11.6 Å². The van der Waals surface area contributed by atoms with Crippen molar-refractivity contribution in [2.45, 2.75) is 6.04 Å². The lowest BCUT2D eigenvalue weighted by molar-refractivity contribution is 0.570. The van der Waals surface area contributed by atoms with Gasteiger partial charge in [-0.25, -0.2) is 5.43 Å². The Morgan fingerprint density at radius 1 is 1.50 bits per heavy atom. The first kappa shape index (κ1) is 11.0. The van der Waals surface area contributed by atoms with Gasteiger partial charge in [0.2, 0.25) is 0 Å². The third kappa shape index (κ3) is 1.90. The Morgan fingerprint density at radius 3 is 2.88 bits per heavy atom. The molecule has 2 rings (SSSR count). The fraction of sp³-hybridized carbons (Fsp3) is 0.222. The van der Waals surface area contributed by atoms with E-state index in [0.29, 0.717) is 5.02 Å². The van der Waals surface area contributed by atoms with Gasteiger partial charge in [0, 0.05) is 19.4 Å². The third-order valence-electron chi connectivity index (χ3n) is 2.33. The summed E-state index contributed by atoms with van der Waals surface area (Å²) in [5, 5.41) is 8.21. The maximum Gasteiger partial charge on any atom is 0.0910 e. The molecular weight excluding hydrogens is 228 g/mol. The van der Waals surface area contributed by atoms with E-state index >= 15 is 0 Å². The van der Waals surface area contributed by atoms with Crippen molar-refractivity contribution in [2.75, 3.05) is 0 Å². The Morgan fingerprint density at radius 2 is 2.31 bits per heavy atom. The zero-order valence-electron chi connectivity index (χ0n) is 8.63. The number of nitrogens with zero attached hydrogens (tertiary/aromatic N) is 4. The second-order valence-electron chi connectivity index (χ2n) is 3.28. The van der Waals surface area contributed by atoms with Crippen LogP contribution in [0.3, 0.4) is 0 Å². The molecule has 0 aliphatic heterocycles. The predicted molar refractivity (Wildman–Crippen MR) is 59.4 cm³/mol. The smallest absolute Gasteiger partial charge is 0.0910 e. The van der Waals surface area contributed by atoms with E-state index < -0.39 is 0 Å². The molecule has 84 valence electrons. The molecular formula is C9H11ClN6. The van der Waals surface area contributed by atoms with Gasteiger partial charge in [0.05, 0.1) is 23.0 Å². The number of aryl methyl sites for hydroxylation is 1. The minimum atomic E-state index is -0.254. The molecule has 16 heavy (non-hydrogen) atoms. The molecule has 0 aromatic carbocycles. The highest BCUT2D eigenvalue weighted by Crippen LogP contribution is 2.25. The fourth-order valence-corrected chi connectivity index (χ4v) is 1.74. The van der Waals surface area contributed by atoms with E-state index in [0.717, 1.165) is 11.3 Å². The van der Waals surface area contributed by atoms with Crippen LogP contribution in [0.5, 0.6) is 0 Å². The summed E-state index contributed by atoms with van der Waals surface area (Å²) in [4.78, 5) is 3.93. The largest absolute Gasteiger partial charge is 0.271 e. The van der Waals surface area contributed by atoms with E-state index in [4.69, 9.17) is 17.4 Å². The average molecular weight is 239 g/mol. The van der Waals surface area contributed by atoms with Gasteiger partial charge in [0.1, 0.15) is 0 Å². The van der Waals surface area contributed by atoms with Crippen molar-refractivity contribution in [3.05, 3.63) is 40.9 Å². The molecule has 6 nitrogen and oxygen atoms in total. The number of halogens is 1. The van der Waals surface area contributed by atoms with E-state index in [9.17, 15) is 0 Å². The van der Waals surface area contributed by atoms with E-state index in [1.807, 2.05) is 0 Å². The van der Waals surface area contributed by atoms with Gasteiger partial charge >= 0.3 is 0 Å². The standard InChI is InChI=1S/C9H11ClN6/c1-16-8(5-13-15-16)9(14-11)6-2-3-12-4-7(6)10/h2-5,9,14H,11H2,1H3. The SMILES string of the molecule is Cn1nncc1C(NN)c1ccncc1Cl. The number of nitrogens with two attached hydrogens (primary N) is 1. The van der Waals surface area contributed by atoms with E-state index in [1.54, 1.807) is 36.4 Å². The second kappa shape index (κ2) is 4.56. The Balaban J connectivity index is 2.45. The summed E-state index contributed by atoms with van der Waals surface area (Å²) in [6.45, 7) is 0. The first-order valence-electron chi connectivity index (χ1n) is 4.64. The number of pyridine rings is 1. The van der Waals surface area contributed by atoms with E-state index in [-0.39, 0.29) is 6.04 Å². The summed E-state index contributed by atoms with van der Waals surface area (Å²) in [5.74, 6) is 5.54. The number of hydrazine groups is 1. The molecule has 3 N–H and O–H groups in total. The molecule has 0 fully saturated rings. The molecule has 2 aromatic rings. The van der Waals surface area contributed by atoms with Crippen molar-refractivity contribution < 1.29 is 0 Å². The normalized spacial score (nSPS) is 12.7. The van der Waals surface area contributed by atoms with Crippen molar-refractivity contribution in [3.8, 4) is 0 Å². The average Bonchev–Trinajstić information content (AvgIpc) is 2.69. The third-order valence-corrected chi connectivity index (χ3v) is 2.64. The monoisotopic (exact) mass is 238 g/mol. The Hall–Kier alpha value is -1.50. The fourth-order valence-electron chi connectivity index (χ4n) is 1.51. The molecule has 0 amide bonds. The molecule has 2 heterocycles. The molecule has 0 aliphatic carbocycles. The molecule has 0 aliphatic rings. The second-order valence-corrected chi connectivity index (χ2v) is 3.69. The van der Waals surface area contributed by atoms with Crippen molar-refractivity contribution in [3.63, 3.8) is 0 Å². The molecule has 0 spiro atoms. The zero-order chi connectivity index (χ0) is 11.5. The number of rotatable bonds is 3. The van der Waals surface area contributed by atoms with Gasteiger partial charge < -0.3 is 0 Å². The number of aromatic nitrogens is 4. The van der Waals surface area contributed by atoms with Crippen molar-refractivity contribution in [1.82, 2.24) is 25.4 Å². The minimum absolute atomic E-state index is 0.254. The number of hydrogen-bond donors (Lipinski definition) is 2. The van der Waals surface area contributed by atoms with Crippen LogP contribution in [0.2, 0.25) is 5.02 Å². The molecule has 0 radical (unpaired) electrons. The zero-order valence-corrected chi connectivity index (χ0v) is 9.39. The van der Waals surface area contributed by atoms with Gasteiger partial charge in [-0.15, -0.1) is 5.10 Å². The van der Waals surface area contributed by atoms with Crippen LogP contribution in [0.1, 0.15) is 17.3 Å². The van der Waals surface area contributed by atoms with Crippen LogP contribution in [0.4, 0.5) is 0 Å². The maximum absolute atomic E-state index is 6.06. The van der Waals surface area contributed by atoms with Crippen LogP contribution in [0.25, 0.3) is 0 Å². The topological polar surface area (TPSA) is 81.7 Å². The van der Waals surface area contributed by atoms with E-state index in [2.05, 4.69) is 20.7 Å². The van der Waals surface area contributed by atoms with Crippen molar-refractivity contribution in [2.24, 2.45) is 12.9 Å². The predicted octanol–water partition coefficient (Wildman–Crippen LogP) is 0.416. The number of hydrogen-bond acceptors (Lipinski definition) is 5. The molecule has 0 saturated heterocycles. The minimum Gasteiger partial charge on any atom is -0.271 e. The van der Waals surface area contributed by atoms with Gasteiger partial charge in [0.15, 0.2) is 0 Å². The summed E-state index contributed by atoms with van der Waals surface area (Å²) in [6.07, 6.45) is 4.88. The summed E-state index contributed by atoms with van der Waals surface area (Å²) >= 11 is 6.06. The van der Waals surface area contributed by atoms with Gasteiger partial charge in [-0.2, -0.15) is 0 Å². The molecule has 0 bridgehead atoms. The van der Waals surface area contributed by atoms with Gasteiger partial charge in [-0.3, -0.25) is 15.5 Å². The quantitative estimate of drug-likeness (QED) is 0.598. The molecule has 1 unspecified atom stereocenters. The highest BCUT2D eigenvalue weighted by atomic mass is 35.5. The van der Waals surface area contributed by atoms with Crippen LogP contribution < -0.4 is 11.3 Å². The Kier molecular flexibility index (Phi) is 3.14. The van der Waals surface area contributed by atoms with Crippen LogP contribution in [0.15, 0.2) is 24.7 Å². The first-order valence-corrected chi connectivity index (χ1v) is 5.02. The van der Waals surface area contributed by atoms with Crippen LogP contribution >= 0.6 is 11.6 Å². The van der Waals surface area contributed by atoms with Crippen LogP contribution in [0, 0.1) is 0 Å². The molecule has 2 aromatic heterocycles. The van der Waals surface area contributed by atoms with Crippen molar-refractivity contribution in [1.29, 1.82) is 0 Å². The lowest BCUT2D eigenvalue weighted by atomic mass is 10.1. The summed E-state index contributed by atoms with van der Waals surface area (Å²) < 4.78 is 1.64. The van der Waals surface area contributed by atoms with E-state index in [1.165, 1.54) is 0 Å². The number of nitrogens with one attached hydrogen (secondary N) is 1. The molecule has 7 heteroatoms. The summed E-state index contributed by atoms with van der Waals surface area (Å²) in [7, 11) is 1.79. The van der Waals surface area contributed by atoms with Crippen LogP contribution in [-0.2, 0) is 7.05 Å². The highest BCUT2D eigenvalue weighted by molar-refractivity contribution is 6.31. The lowest BCUT2D eigenvalue weighted by Crippen LogP contribution is -2.30.